The van der Waals surface area contributed by atoms with Crippen LogP contribution in [0.4, 0.5) is 0 Å². The van der Waals surface area contributed by atoms with Crippen molar-refractivity contribution in [3.05, 3.63) is 64.7 Å². The Kier molecular flexibility index (Phi) is 7.92. The van der Waals surface area contributed by atoms with E-state index in [0.29, 0.717) is 12.1 Å². The van der Waals surface area contributed by atoms with Crippen molar-refractivity contribution in [2.75, 3.05) is 13.1 Å². The smallest absolute Gasteiger partial charge is 0.251 e. The lowest BCUT2D eigenvalue weighted by molar-refractivity contribution is -0.121. The molecule has 0 saturated carbocycles. The van der Waals surface area contributed by atoms with Crippen molar-refractivity contribution in [3.8, 4) is 0 Å². The van der Waals surface area contributed by atoms with Gasteiger partial charge in [-0.05, 0) is 61.7 Å². The van der Waals surface area contributed by atoms with Crippen molar-refractivity contribution in [2.45, 2.75) is 38.6 Å². The summed E-state index contributed by atoms with van der Waals surface area (Å²) in [7, 11) is -3.66. The fourth-order valence-corrected chi connectivity index (χ4v) is 3.75. The highest BCUT2D eigenvalue weighted by molar-refractivity contribution is 7.89. The molecule has 0 saturated heterocycles. The second kappa shape index (κ2) is 10.2. The van der Waals surface area contributed by atoms with Crippen LogP contribution in [-0.4, -0.2) is 33.3 Å². The van der Waals surface area contributed by atoms with Crippen LogP contribution in [0, 0.1) is 13.8 Å². The predicted molar refractivity (Wildman–Crippen MR) is 112 cm³/mol. The van der Waals surface area contributed by atoms with E-state index >= 15 is 0 Å². The quantitative estimate of drug-likeness (QED) is 0.581. The predicted octanol–water partition coefficient (Wildman–Crippen LogP) is 2.04. The van der Waals surface area contributed by atoms with Crippen molar-refractivity contribution in [1.29, 1.82) is 0 Å². The first-order chi connectivity index (χ1) is 13.7. The van der Waals surface area contributed by atoms with Gasteiger partial charge in [0.15, 0.2) is 0 Å². The summed E-state index contributed by atoms with van der Waals surface area (Å²) in [5.74, 6) is -0.447. The molecule has 2 rings (SSSR count). The van der Waals surface area contributed by atoms with Crippen LogP contribution in [0.2, 0.25) is 0 Å². The Balaban J connectivity index is 1.83. The maximum Gasteiger partial charge on any atom is 0.251 e. The topological polar surface area (TPSA) is 104 Å². The summed E-state index contributed by atoms with van der Waals surface area (Å²) in [6.07, 6.45) is 0.0140. The van der Waals surface area contributed by atoms with Gasteiger partial charge in [0.05, 0.1) is 4.90 Å². The molecule has 0 aliphatic carbocycles. The van der Waals surface area contributed by atoms with Gasteiger partial charge in [-0.1, -0.05) is 18.2 Å². The van der Waals surface area contributed by atoms with Crippen molar-refractivity contribution in [3.63, 3.8) is 0 Å². The van der Waals surface area contributed by atoms with E-state index in [9.17, 15) is 18.0 Å². The average Bonchev–Trinajstić information content (AvgIpc) is 2.68. The Morgan fingerprint density at radius 2 is 1.72 bits per heavy atom. The lowest BCUT2D eigenvalue weighted by atomic mass is 10.1. The Morgan fingerprint density at radius 1 is 0.966 bits per heavy atom. The fourth-order valence-electron chi connectivity index (χ4n) is 2.64. The van der Waals surface area contributed by atoms with Crippen molar-refractivity contribution in [2.24, 2.45) is 0 Å². The molecule has 0 unspecified atom stereocenters. The number of amides is 2. The van der Waals surface area contributed by atoms with Crippen LogP contribution in [0.25, 0.3) is 0 Å². The fraction of sp³-hybridized carbons (Fsp3) is 0.333. The second-order valence-electron chi connectivity index (χ2n) is 6.73. The van der Waals surface area contributed by atoms with Crippen molar-refractivity contribution < 1.29 is 18.0 Å². The standard InChI is InChI=1S/C21H27N3O4S/c1-4-22-21(26)18-7-5-6-17(13-18)14-23-20(25)10-11-24-29(27,28)19-9-8-15(2)16(3)12-19/h5-9,12-13,24H,4,10-11,14H2,1-3H3,(H,22,26)(H,23,25). The first-order valence-electron chi connectivity index (χ1n) is 9.43. The number of carbonyl (C=O) groups excluding carboxylic acids is 2. The van der Waals surface area contributed by atoms with Crippen LogP contribution >= 0.6 is 0 Å². The second-order valence-corrected chi connectivity index (χ2v) is 8.50. The number of benzene rings is 2. The molecule has 0 spiro atoms. The SMILES string of the molecule is CCNC(=O)c1cccc(CNC(=O)CCNS(=O)(=O)c2ccc(C)c(C)c2)c1. The van der Waals surface area contributed by atoms with Crippen LogP contribution in [0.1, 0.15) is 40.4 Å². The maximum absolute atomic E-state index is 12.3. The van der Waals surface area contributed by atoms with E-state index in [4.69, 9.17) is 0 Å². The van der Waals surface area contributed by atoms with E-state index in [1.807, 2.05) is 26.8 Å². The van der Waals surface area contributed by atoms with Gasteiger partial charge in [-0.3, -0.25) is 9.59 Å². The summed E-state index contributed by atoms with van der Waals surface area (Å²) in [6.45, 7) is 6.40. The molecule has 156 valence electrons. The molecule has 3 N–H and O–H groups in total. The first-order valence-corrected chi connectivity index (χ1v) is 10.9. The molecule has 0 heterocycles. The Labute approximate surface area is 172 Å². The molecular formula is C21H27N3O4S. The number of hydrogen-bond donors (Lipinski definition) is 3. The molecule has 0 aliphatic heterocycles. The molecular weight excluding hydrogens is 390 g/mol. The zero-order chi connectivity index (χ0) is 21.4. The third-order valence-electron chi connectivity index (χ3n) is 4.45. The number of aryl methyl sites for hydroxylation is 2. The summed E-state index contributed by atoms with van der Waals surface area (Å²) < 4.78 is 27.1. The third kappa shape index (κ3) is 6.69. The molecule has 2 aromatic carbocycles. The number of hydrogen-bond acceptors (Lipinski definition) is 4. The highest BCUT2D eigenvalue weighted by Crippen LogP contribution is 2.14. The first kappa shape index (κ1) is 22.6. The molecule has 0 bridgehead atoms. The van der Waals surface area contributed by atoms with E-state index in [0.717, 1.165) is 16.7 Å². The Hall–Kier alpha value is -2.71. The normalized spacial score (nSPS) is 11.1. The van der Waals surface area contributed by atoms with E-state index in [1.54, 1.807) is 36.4 Å². The van der Waals surface area contributed by atoms with Gasteiger partial charge in [0, 0.05) is 31.6 Å². The molecule has 0 atom stereocenters. The van der Waals surface area contributed by atoms with Crippen LogP contribution in [0.15, 0.2) is 47.4 Å². The Bertz CT molecular complexity index is 987. The van der Waals surface area contributed by atoms with Gasteiger partial charge in [-0.15, -0.1) is 0 Å². The van der Waals surface area contributed by atoms with E-state index in [1.165, 1.54) is 0 Å². The maximum atomic E-state index is 12.3. The largest absolute Gasteiger partial charge is 0.352 e. The minimum Gasteiger partial charge on any atom is -0.352 e. The molecule has 7 nitrogen and oxygen atoms in total. The molecule has 29 heavy (non-hydrogen) atoms. The lowest BCUT2D eigenvalue weighted by Gasteiger charge is -2.10. The molecule has 0 fully saturated rings. The average molecular weight is 418 g/mol. The van der Waals surface area contributed by atoms with Crippen LogP contribution in [-0.2, 0) is 21.4 Å². The Morgan fingerprint density at radius 3 is 2.41 bits per heavy atom. The monoisotopic (exact) mass is 417 g/mol. The van der Waals surface area contributed by atoms with Crippen LogP contribution in [0.5, 0.6) is 0 Å². The minimum atomic E-state index is -3.66. The minimum absolute atomic E-state index is 0.0000360. The molecule has 0 aliphatic rings. The third-order valence-corrected chi connectivity index (χ3v) is 5.91. The van der Waals surface area contributed by atoms with E-state index in [2.05, 4.69) is 15.4 Å². The van der Waals surface area contributed by atoms with Crippen molar-refractivity contribution in [1.82, 2.24) is 15.4 Å². The van der Waals surface area contributed by atoms with Gasteiger partial charge in [0.25, 0.3) is 5.91 Å². The molecule has 0 aromatic heterocycles. The highest BCUT2D eigenvalue weighted by Gasteiger charge is 2.15. The number of carbonyl (C=O) groups is 2. The zero-order valence-electron chi connectivity index (χ0n) is 16.9. The summed E-state index contributed by atoms with van der Waals surface area (Å²) in [5.41, 5.74) is 3.22. The van der Waals surface area contributed by atoms with Gasteiger partial charge in [-0.2, -0.15) is 0 Å². The number of nitrogens with one attached hydrogen (secondary N) is 3. The van der Waals surface area contributed by atoms with Gasteiger partial charge in [0.1, 0.15) is 0 Å². The summed E-state index contributed by atoms with van der Waals surface area (Å²) in [4.78, 5) is 24.1. The van der Waals surface area contributed by atoms with E-state index < -0.39 is 10.0 Å². The van der Waals surface area contributed by atoms with Gasteiger partial charge < -0.3 is 10.6 Å². The van der Waals surface area contributed by atoms with Gasteiger partial charge in [0.2, 0.25) is 15.9 Å². The molecule has 8 heteroatoms. The summed E-state index contributed by atoms with van der Waals surface area (Å²) in [5, 5.41) is 5.46. The number of sulfonamides is 1. The lowest BCUT2D eigenvalue weighted by Crippen LogP contribution is -2.30. The van der Waals surface area contributed by atoms with Crippen LogP contribution in [0.3, 0.4) is 0 Å². The zero-order valence-corrected chi connectivity index (χ0v) is 17.7. The van der Waals surface area contributed by atoms with Gasteiger partial charge in [-0.25, -0.2) is 13.1 Å². The van der Waals surface area contributed by atoms with E-state index in [-0.39, 0.29) is 36.2 Å². The van der Waals surface area contributed by atoms with Crippen LogP contribution < -0.4 is 15.4 Å². The van der Waals surface area contributed by atoms with Crippen molar-refractivity contribution >= 4 is 21.8 Å². The van der Waals surface area contributed by atoms with Gasteiger partial charge >= 0.3 is 0 Å². The molecule has 2 aromatic rings. The molecule has 0 radical (unpaired) electrons. The number of rotatable bonds is 9. The molecule has 2 amide bonds. The summed E-state index contributed by atoms with van der Waals surface area (Å²) >= 11 is 0. The highest BCUT2D eigenvalue weighted by atomic mass is 32.2. The summed E-state index contributed by atoms with van der Waals surface area (Å²) in [6, 6.07) is 11.9.